The minimum atomic E-state index is 0.0728. The number of nitrogens with one attached hydrogen (secondary N) is 1. The summed E-state index contributed by atoms with van der Waals surface area (Å²) in [6.45, 7) is 6.94. The topological polar surface area (TPSA) is 48.5 Å². The SMILES string of the molecule is CCCNc1ccc(C(=O)N2CCN3CCCC3C2)nc1. The zero-order chi connectivity index (χ0) is 14.7. The van der Waals surface area contributed by atoms with E-state index < -0.39 is 0 Å². The smallest absolute Gasteiger partial charge is 0.272 e. The molecule has 0 saturated carbocycles. The van der Waals surface area contributed by atoms with Gasteiger partial charge in [-0.05, 0) is 37.9 Å². The third-order valence-electron chi connectivity index (χ3n) is 4.44. The first-order valence-electron chi connectivity index (χ1n) is 8.01. The predicted molar refractivity (Wildman–Crippen MR) is 83.5 cm³/mol. The van der Waals surface area contributed by atoms with E-state index in [0.29, 0.717) is 11.7 Å². The van der Waals surface area contributed by atoms with Crippen molar-refractivity contribution in [2.24, 2.45) is 0 Å². The van der Waals surface area contributed by atoms with E-state index in [1.54, 1.807) is 6.20 Å². The molecule has 1 N–H and O–H groups in total. The number of amides is 1. The highest BCUT2D eigenvalue weighted by Crippen LogP contribution is 2.22. The molecule has 2 saturated heterocycles. The quantitative estimate of drug-likeness (QED) is 0.918. The first kappa shape index (κ1) is 14.3. The Labute approximate surface area is 126 Å². The second-order valence-electron chi connectivity index (χ2n) is 5.94. The second-order valence-corrected chi connectivity index (χ2v) is 5.94. The van der Waals surface area contributed by atoms with Crippen molar-refractivity contribution >= 4 is 11.6 Å². The molecule has 1 aromatic heterocycles. The molecule has 2 aliphatic rings. The molecule has 0 spiro atoms. The maximum atomic E-state index is 12.5. The van der Waals surface area contributed by atoms with Crippen molar-refractivity contribution in [2.75, 3.05) is 38.0 Å². The lowest BCUT2D eigenvalue weighted by Crippen LogP contribution is -2.52. The van der Waals surface area contributed by atoms with E-state index in [1.807, 2.05) is 17.0 Å². The summed E-state index contributed by atoms with van der Waals surface area (Å²) >= 11 is 0. The predicted octanol–water partition coefficient (Wildman–Crippen LogP) is 1.82. The van der Waals surface area contributed by atoms with Crippen LogP contribution in [0.25, 0.3) is 0 Å². The summed E-state index contributed by atoms with van der Waals surface area (Å²) < 4.78 is 0. The summed E-state index contributed by atoms with van der Waals surface area (Å²) in [7, 11) is 0. The molecule has 0 radical (unpaired) electrons. The molecule has 21 heavy (non-hydrogen) atoms. The van der Waals surface area contributed by atoms with Crippen LogP contribution in [0.2, 0.25) is 0 Å². The summed E-state index contributed by atoms with van der Waals surface area (Å²) in [5, 5.41) is 3.28. The molecule has 3 heterocycles. The molecule has 0 bridgehead atoms. The van der Waals surface area contributed by atoms with Crippen LogP contribution in [0.5, 0.6) is 0 Å². The number of pyridine rings is 1. The molecular formula is C16H24N4O. The number of anilines is 1. The van der Waals surface area contributed by atoms with Gasteiger partial charge in [-0.25, -0.2) is 4.98 Å². The number of hydrogen-bond donors (Lipinski definition) is 1. The van der Waals surface area contributed by atoms with E-state index in [1.165, 1.54) is 19.4 Å². The molecule has 0 aliphatic carbocycles. The number of piperazine rings is 1. The van der Waals surface area contributed by atoms with Crippen LogP contribution in [0.4, 0.5) is 5.69 Å². The van der Waals surface area contributed by atoms with Crippen molar-refractivity contribution in [2.45, 2.75) is 32.2 Å². The Balaban J connectivity index is 1.62. The van der Waals surface area contributed by atoms with E-state index in [0.717, 1.165) is 38.3 Å². The highest BCUT2D eigenvalue weighted by atomic mass is 16.2. The Hall–Kier alpha value is -1.62. The van der Waals surface area contributed by atoms with Crippen molar-refractivity contribution in [1.82, 2.24) is 14.8 Å². The van der Waals surface area contributed by atoms with Gasteiger partial charge in [0.1, 0.15) is 5.69 Å². The third-order valence-corrected chi connectivity index (χ3v) is 4.44. The standard InChI is InChI=1S/C16H24N4O/c1-2-7-17-13-5-6-15(18-11-13)16(21)20-10-9-19-8-3-4-14(19)12-20/h5-6,11,14,17H,2-4,7-10,12H2,1H3. The Morgan fingerprint density at radius 2 is 2.29 bits per heavy atom. The Morgan fingerprint density at radius 3 is 3.05 bits per heavy atom. The summed E-state index contributed by atoms with van der Waals surface area (Å²) in [5.41, 5.74) is 1.54. The van der Waals surface area contributed by atoms with E-state index in [4.69, 9.17) is 0 Å². The molecule has 1 amide bonds. The molecule has 0 aromatic carbocycles. The summed E-state index contributed by atoms with van der Waals surface area (Å²) in [4.78, 5) is 21.3. The molecule has 5 heteroatoms. The fourth-order valence-electron chi connectivity index (χ4n) is 3.23. The van der Waals surface area contributed by atoms with Crippen LogP contribution in [0, 0.1) is 0 Å². The van der Waals surface area contributed by atoms with E-state index in [9.17, 15) is 4.79 Å². The van der Waals surface area contributed by atoms with Gasteiger partial charge in [0.25, 0.3) is 5.91 Å². The molecule has 1 aromatic rings. The van der Waals surface area contributed by atoms with Crippen molar-refractivity contribution in [1.29, 1.82) is 0 Å². The van der Waals surface area contributed by atoms with Gasteiger partial charge >= 0.3 is 0 Å². The molecule has 2 fully saturated rings. The normalized spacial score (nSPS) is 22.1. The third kappa shape index (κ3) is 3.18. The average Bonchev–Trinajstić information content (AvgIpc) is 3.00. The minimum Gasteiger partial charge on any atom is -0.384 e. The molecule has 2 aliphatic heterocycles. The van der Waals surface area contributed by atoms with Crippen LogP contribution >= 0.6 is 0 Å². The molecule has 3 rings (SSSR count). The van der Waals surface area contributed by atoms with Gasteiger partial charge in [0, 0.05) is 32.2 Å². The number of aromatic nitrogens is 1. The number of fused-ring (bicyclic) bond motifs is 1. The maximum absolute atomic E-state index is 12.5. The van der Waals surface area contributed by atoms with E-state index in [-0.39, 0.29) is 5.91 Å². The lowest BCUT2D eigenvalue weighted by atomic mass is 10.1. The second kappa shape index (κ2) is 6.43. The van der Waals surface area contributed by atoms with Gasteiger partial charge in [0.05, 0.1) is 11.9 Å². The Morgan fingerprint density at radius 1 is 1.38 bits per heavy atom. The zero-order valence-electron chi connectivity index (χ0n) is 12.7. The van der Waals surface area contributed by atoms with Gasteiger partial charge in [-0.3, -0.25) is 9.69 Å². The largest absolute Gasteiger partial charge is 0.384 e. The summed E-state index contributed by atoms with van der Waals surface area (Å²) in [6, 6.07) is 4.34. The van der Waals surface area contributed by atoms with Gasteiger partial charge in [-0.1, -0.05) is 6.92 Å². The number of carbonyl (C=O) groups excluding carboxylic acids is 1. The first-order valence-corrected chi connectivity index (χ1v) is 8.01. The molecule has 1 atom stereocenters. The number of rotatable bonds is 4. The lowest BCUT2D eigenvalue weighted by molar-refractivity contribution is 0.0566. The van der Waals surface area contributed by atoms with E-state index >= 15 is 0 Å². The molecular weight excluding hydrogens is 264 g/mol. The Bertz CT molecular complexity index is 488. The van der Waals surface area contributed by atoms with Crippen molar-refractivity contribution in [3.63, 3.8) is 0 Å². The van der Waals surface area contributed by atoms with E-state index in [2.05, 4.69) is 22.1 Å². The minimum absolute atomic E-state index is 0.0728. The monoisotopic (exact) mass is 288 g/mol. The van der Waals surface area contributed by atoms with Crippen LogP contribution in [0.1, 0.15) is 36.7 Å². The van der Waals surface area contributed by atoms with Crippen LogP contribution in [-0.2, 0) is 0 Å². The van der Waals surface area contributed by atoms with Gasteiger partial charge in [-0.2, -0.15) is 0 Å². The van der Waals surface area contributed by atoms with Crippen LogP contribution < -0.4 is 5.32 Å². The highest BCUT2D eigenvalue weighted by molar-refractivity contribution is 5.92. The first-order chi connectivity index (χ1) is 10.3. The number of hydrogen-bond acceptors (Lipinski definition) is 4. The number of nitrogens with zero attached hydrogens (tertiary/aromatic N) is 3. The highest BCUT2D eigenvalue weighted by Gasteiger charge is 2.32. The van der Waals surface area contributed by atoms with Crippen LogP contribution in [0.15, 0.2) is 18.3 Å². The fraction of sp³-hybridized carbons (Fsp3) is 0.625. The van der Waals surface area contributed by atoms with Gasteiger partial charge in [0.15, 0.2) is 0 Å². The lowest BCUT2D eigenvalue weighted by Gasteiger charge is -2.37. The summed E-state index contributed by atoms with van der Waals surface area (Å²) in [6.07, 6.45) is 5.32. The molecule has 114 valence electrons. The van der Waals surface area contributed by atoms with Crippen LogP contribution in [-0.4, -0.2) is 59.5 Å². The van der Waals surface area contributed by atoms with Crippen molar-refractivity contribution in [3.05, 3.63) is 24.0 Å². The van der Waals surface area contributed by atoms with Crippen molar-refractivity contribution < 1.29 is 4.79 Å². The molecule has 5 nitrogen and oxygen atoms in total. The van der Waals surface area contributed by atoms with Gasteiger partial charge in [0.2, 0.25) is 0 Å². The average molecular weight is 288 g/mol. The maximum Gasteiger partial charge on any atom is 0.272 e. The Kier molecular flexibility index (Phi) is 4.39. The zero-order valence-corrected chi connectivity index (χ0v) is 12.7. The van der Waals surface area contributed by atoms with Crippen LogP contribution in [0.3, 0.4) is 0 Å². The van der Waals surface area contributed by atoms with Gasteiger partial charge < -0.3 is 10.2 Å². The molecule has 1 unspecified atom stereocenters. The summed E-state index contributed by atoms with van der Waals surface area (Å²) in [5.74, 6) is 0.0728. The fourth-order valence-corrected chi connectivity index (χ4v) is 3.23. The van der Waals surface area contributed by atoms with Crippen molar-refractivity contribution in [3.8, 4) is 0 Å². The van der Waals surface area contributed by atoms with Gasteiger partial charge in [-0.15, -0.1) is 0 Å². The number of carbonyl (C=O) groups is 1.